The highest BCUT2D eigenvalue weighted by Gasteiger charge is 2.32. The van der Waals surface area contributed by atoms with Crippen molar-refractivity contribution in [3.05, 3.63) is 17.0 Å². The number of amides is 1. The molecule has 0 saturated carbocycles. The Morgan fingerprint density at radius 3 is 2.61 bits per heavy atom. The van der Waals surface area contributed by atoms with Crippen LogP contribution in [0.2, 0.25) is 0 Å². The molecule has 1 fully saturated rings. The molecule has 1 unspecified atom stereocenters. The van der Waals surface area contributed by atoms with Crippen molar-refractivity contribution in [1.82, 2.24) is 14.7 Å². The van der Waals surface area contributed by atoms with Crippen LogP contribution in [0.1, 0.15) is 50.1 Å². The first-order valence-corrected chi connectivity index (χ1v) is 8.36. The number of carbonyl (C=O) groups is 2. The average molecular weight is 321 g/mol. The largest absolute Gasteiger partial charge is 0.480 e. The number of rotatable bonds is 5. The normalized spacial score (nSPS) is 18.5. The Morgan fingerprint density at radius 1 is 1.30 bits per heavy atom. The quantitative estimate of drug-likeness (QED) is 0.902. The summed E-state index contributed by atoms with van der Waals surface area (Å²) < 4.78 is 1.95. The number of carboxylic acid groups (broad SMARTS) is 1. The fourth-order valence-electron chi connectivity index (χ4n) is 3.25. The van der Waals surface area contributed by atoms with Crippen LogP contribution < -0.4 is 0 Å². The predicted octanol–water partition coefficient (Wildman–Crippen LogP) is 2.16. The summed E-state index contributed by atoms with van der Waals surface area (Å²) in [7, 11) is 0. The standard InChI is InChI=1S/C17H27N3O3/c1-11(2)10-20-13(4)14(12(3)18-20)9-16(21)19-8-6-5-7-15(19)17(22)23/h11,15H,5-10H2,1-4H3,(H,22,23). The van der Waals surface area contributed by atoms with Gasteiger partial charge >= 0.3 is 5.97 Å². The van der Waals surface area contributed by atoms with Crippen LogP contribution >= 0.6 is 0 Å². The van der Waals surface area contributed by atoms with Gasteiger partial charge in [-0.2, -0.15) is 5.10 Å². The lowest BCUT2D eigenvalue weighted by Gasteiger charge is -2.33. The molecule has 1 aliphatic heterocycles. The second kappa shape index (κ2) is 7.15. The molecule has 1 N–H and O–H groups in total. The van der Waals surface area contributed by atoms with Crippen LogP contribution in [-0.4, -0.2) is 44.3 Å². The number of hydrogen-bond donors (Lipinski definition) is 1. The third-order valence-electron chi connectivity index (χ3n) is 4.51. The minimum Gasteiger partial charge on any atom is -0.480 e. The van der Waals surface area contributed by atoms with Gasteiger partial charge in [-0.25, -0.2) is 4.79 Å². The molecular weight excluding hydrogens is 294 g/mol. The molecule has 0 radical (unpaired) electrons. The molecule has 6 nitrogen and oxygen atoms in total. The van der Waals surface area contributed by atoms with E-state index in [1.165, 1.54) is 4.90 Å². The van der Waals surface area contributed by atoms with Crippen molar-refractivity contribution in [2.75, 3.05) is 6.54 Å². The zero-order valence-electron chi connectivity index (χ0n) is 14.5. The van der Waals surface area contributed by atoms with E-state index in [-0.39, 0.29) is 12.3 Å². The maximum Gasteiger partial charge on any atom is 0.326 e. The molecule has 1 aromatic heterocycles. The van der Waals surface area contributed by atoms with Crippen LogP contribution in [0.4, 0.5) is 0 Å². The number of carbonyl (C=O) groups excluding carboxylic acids is 1. The van der Waals surface area contributed by atoms with Crippen LogP contribution in [0.15, 0.2) is 0 Å². The van der Waals surface area contributed by atoms with Crippen LogP contribution in [0, 0.1) is 19.8 Å². The van der Waals surface area contributed by atoms with Gasteiger partial charge < -0.3 is 10.0 Å². The minimum absolute atomic E-state index is 0.104. The molecule has 0 aromatic carbocycles. The highest BCUT2D eigenvalue weighted by Crippen LogP contribution is 2.21. The number of carboxylic acids is 1. The molecule has 0 spiro atoms. The second-order valence-electron chi connectivity index (χ2n) is 6.84. The van der Waals surface area contributed by atoms with E-state index in [4.69, 9.17) is 0 Å². The van der Waals surface area contributed by atoms with E-state index in [1.807, 2.05) is 18.5 Å². The van der Waals surface area contributed by atoms with Crippen LogP contribution in [0.25, 0.3) is 0 Å². The smallest absolute Gasteiger partial charge is 0.326 e. The number of aliphatic carboxylic acids is 1. The van der Waals surface area contributed by atoms with Gasteiger partial charge in [0.2, 0.25) is 5.91 Å². The summed E-state index contributed by atoms with van der Waals surface area (Å²) in [6.45, 7) is 9.52. The first kappa shape index (κ1) is 17.5. The highest BCUT2D eigenvalue weighted by atomic mass is 16.4. The first-order chi connectivity index (χ1) is 10.8. The molecule has 0 aliphatic carbocycles. The predicted molar refractivity (Wildman–Crippen MR) is 87.2 cm³/mol. The second-order valence-corrected chi connectivity index (χ2v) is 6.84. The number of aromatic nitrogens is 2. The molecule has 1 atom stereocenters. The summed E-state index contributed by atoms with van der Waals surface area (Å²) in [6, 6.07) is -0.678. The van der Waals surface area contributed by atoms with E-state index in [0.29, 0.717) is 18.9 Å². The molecule has 1 aromatic rings. The number of aryl methyl sites for hydroxylation is 1. The van der Waals surface area contributed by atoms with Crippen LogP contribution in [-0.2, 0) is 22.6 Å². The van der Waals surface area contributed by atoms with Gasteiger partial charge in [0, 0.05) is 24.3 Å². The monoisotopic (exact) mass is 321 g/mol. The van der Waals surface area contributed by atoms with Crippen molar-refractivity contribution in [2.24, 2.45) is 5.92 Å². The van der Waals surface area contributed by atoms with Crippen LogP contribution in [0.3, 0.4) is 0 Å². The number of piperidine rings is 1. The lowest BCUT2D eigenvalue weighted by atomic mass is 10.0. The fourth-order valence-corrected chi connectivity index (χ4v) is 3.25. The number of nitrogens with zero attached hydrogens (tertiary/aromatic N) is 3. The topological polar surface area (TPSA) is 75.4 Å². The van der Waals surface area contributed by atoms with Crippen molar-refractivity contribution in [3.8, 4) is 0 Å². The fraction of sp³-hybridized carbons (Fsp3) is 0.706. The molecule has 1 amide bonds. The van der Waals surface area contributed by atoms with Crippen LogP contribution in [0.5, 0.6) is 0 Å². The molecule has 0 bridgehead atoms. The Bertz CT molecular complexity index is 592. The molecule has 1 aliphatic rings. The van der Waals surface area contributed by atoms with Gasteiger partial charge in [-0.05, 0) is 39.0 Å². The Morgan fingerprint density at radius 2 is 2.00 bits per heavy atom. The van der Waals surface area contributed by atoms with Crippen molar-refractivity contribution < 1.29 is 14.7 Å². The van der Waals surface area contributed by atoms with Crippen molar-refractivity contribution in [2.45, 2.75) is 66.0 Å². The van der Waals surface area contributed by atoms with E-state index in [9.17, 15) is 14.7 Å². The Hall–Kier alpha value is -1.85. The van der Waals surface area contributed by atoms with Gasteiger partial charge in [0.15, 0.2) is 0 Å². The maximum atomic E-state index is 12.6. The molecular formula is C17H27N3O3. The molecule has 2 heterocycles. The lowest BCUT2D eigenvalue weighted by Crippen LogP contribution is -2.48. The van der Waals surface area contributed by atoms with E-state index in [1.54, 1.807) is 0 Å². The van der Waals surface area contributed by atoms with Gasteiger partial charge in [-0.15, -0.1) is 0 Å². The summed E-state index contributed by atoms with van der Waals surface area (Å²) in [5, 5.41) is 13.9. The van der Waals surface area contributed by atoms with Gasteiger partial charge in [0.1, 0.15) is 6.04 Å². The van der Waals surface area contributed by atoms with Gasteiger partial charge in [0.05, 0.1) is 12.1 Å². The summed E-state index contributed by atoms with van der Waals surface area (Å²) in [5.74, 6) is -0.524. The molecule has 6 heteroatoms. The van der Waals surface area contributed by atoms with Gasteiger partial charge in [-0.1, -0.05) is 13.8 Å². The zero-order valence-corrected chi connectivity index (χ0v) is 14.5. The summed E-state index contributed by atoms with van der Waals surface area (Å²) in [6.07, 6.45) is 2.52. The highest BCUT2D eigenvalue weighted by molar-refractivity contribution is 5.85. The van der Waals surface area contributed by atoms with E-state index < -0.39 is 12.0 Å². The molecule has 2 rings (SSSR count). The van der Waals surface area contributed by atoms with Gasteiger partial charge in [0.25, 0.3) is 0 Å². The van der Waals surface area contributed by atoms with Crippen molar-refractivity contribution in [1.29, 1.82) is 0 Å². The number of hydrogen-bond acceptors (Lipinski definition) is 3. The average Bonchev–Trinajstić information content (AvgIpc) is 2.74. The molecule has 128 valence electrons. The first-order valence-electron chi connectivity index (χ1n) is 8.36. The third-order valence-corrected chi connectivity index (χ3v) is 4.51. The zero-order chi connectivity index (χ0) is 17.1. The third kappa shape index (κ3) is 3.92. The lowest BCUT2D eigenvalue weighted by molar-refractivity contribution is -0.151. The maximum absolute atomic E-state index is 12.6. The Labute approximate surface area is 137 Å². The molecule has 23 heavy (non-hydrogen) atoms. The van der Waals surface area contributed by atoms with E-state index >= 15 is 0 Å². The van der Waals surface area contributed by atoms with E-state index in [0.717, 1.165) is 36.3 Å². The summed E-state index contributed by atoms with van der Waals surface area (Å²) in [4.78, 5) is 25.5. The SMILES string of the molecule is Cc1nn(CC(C)C)c(C)c1CC(=O)N1CCCCC1C(=O)O. The van der Waals surface area contributed by atoms with Gasteiger partial charge in [-0.3, -0.25) is 9.48 Å². The van der Waals surface area contributed by atoms with Crippen molar-refractivity contribution in [3.63, 3.8) is 0 Å². The summed E-state index contributed by atoms with van der Waals surface area (Å²) >= 11 is 0. The Balaban J connectivity index is 2.16. The molecule has 1 saturated heterocycles. The Kier molecular flexibility index (Phi) is 5.44. The van der Waals surface area contributed by atoms with Crippen molar-refractivity contribution >= 4 is 11.9 Å². The summed E-state index contributed by atoms with van der Waals surface area (Å²) in [5.41, 5.74) is 2.80. The minimum atomic E-state index is -0.901. The number of likely N-dealkylation sites (tertiary alicyclic amines) is 1. The van der Waals surface area contributed by atoms with E-state index in [2.05, 4.69) is 18.9 Å².